The lowest BCUT2D eigenvalue weighted by atomic mass is 10.0. The summed E-state index contributed by atoms with van der Waals surface area (Å²) >= 11 is 0. The average Bonchev–Trinajstić information content (AvgIpc) is 3.09. The van der Waals surface area contributed by atoms with E-state index < -0.39 is 33.2 Å². The molecule has 0 aliphatic rings. The molecule has 0 fully saturated rings. The first-order valence-corrected chi connectivity index (χ1v) is 21.6. The highest BCUT2D eigenvalue weighted by molar-refractivity contribution is 7.46. The SMILES string of the molecule is CCCCCCCCCCCCCCCC(=O)OCC(CO)OC(=O)CCCCCCCCCCCCCCC.O=P(O)(O)OCC(O)CO. The van der Waals surface area contributed by atoms with Gasteiger partial charge in [-0.2, -0.15) is 0 Å². The van der Waals surface area contributed by atoms with Crippen molar-refractivity contribution >= 4 is 19.8 Å². The number of phosphoric ester groups is 1. The number of ether oxygens (including phenoxy) is 2. The second kappa shape index (κ2) is 39.1. The van der Waals surface area contributed by atoms with E-state index in [0.717, 1.165) is 32.1 Å². The summed E-state index contributed by atoms with van der Waals surface area (Å²) in [5.41, 5.74) is 0. The smallest absolute Gasteiger partial charge is 0.462 e. The van der Waals surface area contributed by atoms with Crippen molar-refractivity contribution in [1.82, 2.24) is 0 Å². The Balaban J connectivity index is 0. The van der Waals surface area contributed by atoms with Gasteiger partial charge in [0.05, 0.1) is 19.8 Å². The zero-order chi connectivity index (χ0) is 37.6. The number of aliphatic hydroxyl groups is 3. The van der Waals surface area contributed by atoms with Gasteiger partial charge in [-0.05, 0) is 12.8 Å². The van der Waals surface area contributed by atoms with Crippen molar-refractivity contribution in [3.05, 3.63) is 0 Å². The highest BCUT2D eigenvalue weighted by Crippen LogP contribution is 2.35. The van der Waals surface area contributed by atoms with E-state index in [2.05, 4.69) is 18.4 Å². The second-order valence-corrected chi connectivity index (χ2v) is 14.8. The minimum Gasteiger partial charge on any atom is -0.462 e. The van der Waals surface area contributed by atoms with Crippen LogP contribution in [0.5, 0.6) is 0 Å². The fraction of sp³-hybridized carbons (Fsp3) is 0.947. The summed E-state index contributed by atoms with van der Waals surface area (Å²) in [5, 5.41) is 26.2. The van der Waals surface area contributed by atoms with Crippen LogP contribution in [0.15, 0.2) is 0 Å². The van der Waals surface area contributed by atoms with Crippen molar-refractivity contribution < 1.29 is 53.3 Å². The summed E-state index contributed by atoms with van der Waals surface area (Å²) in [6.45, 7) is 2.99. The Morgan fingerprint density at radius 2 is 0.860 bits per heavy atom. The Morgan fingerprint density at radius 3 is 1.18 bits per heavy atom. The number of esters is 2. The first-order chi connectivity index (χ1) is 24.1. The molecular weight excluding hydrogens is 663 g/mol. The van der Waals surface area contributed by atoms with Crippen LogP contribution in [-0.4, -0.2) is 75.7 Å². The van der Waals surface area contributed by atoms with Crippen LogP contribution in [0.25, 0.3) is 0 Å². The minimum atomic E-state index is -4.50. The average molecular weight is 741 g/mol. The van der Waals surface area contributed by atoms with Gasteiger partial charge in [0.2, 0.25) is 0 Å². The van der Waals surface area contributed by atoms with Crippen LogP contribution < -0.4 is 0 Å². The maximum Gasteiger partial charge on any atom is 0.469 e. The second-order valence-electron chi connectivity index (χ2n) is 13.6. The molecular formula is C38H77O11P. The van der Waals surface area contributed by atoms with Gasteiger partial charge in [-0.3, -0.25) is 14.1 Å². The number of rotatable bonds is 36. The highest BCUT2D eigenvalue weighted by Gasteiger charge is 2.17. The molecule has 0 amide bonds. The summed E-state index contributed by atoms with van der Waals surface area (Å²) in [7, 11) is -4.50. The van der Waals surface area contributed by atoms with Crippen molar-refractivity contribution in [2.24, 2.45) is 0 Å². The summed E-state index contributed by atoms with van der Waals surface area (Å²) in [4.78, 5) is 40.2. The molecule has 0 spiro atoms. The summed E-state index contributed by atoms with van der Waals surface area (Å²) in [6.07, 6.45) is 31.7. The Morgan fingerprint density at radius 1 is 0.520 bits per heavy atom. The third kappa shape index (κ3) is 43.1. The van der Waals surface area contributed by atoms with E-state index in [-0.39, 0.29) is 25.2 Å². The standard InChI is InChI=1S/C35H68O5.C3H9O6P/c1-3-5-7-9-11-13-15-17-19-21-23-25-27-29-34(37)39-32-33(31-36)40-35(38)30-28-26-24-22-20-18-16-14-12-10-8-6-4-2;4-1-3(5)2-9-10(6,7)8/h33,36H,3-32H2,1-2H3;3-5H,1-2H2,(H2,6,7,8). The van der Waals surface area contributed by atoms with Crippen LogP contribution in [0.2, 0.25) is 0 Å². The largest absolute Gasteiger partial charge is 0.469 e. The predicted octanol–water partition coefficient (Wildman–Crippen LogP) is 8.85. The molecule has 11 nitrogen and oxygen atoms in total. The lowest BCUT2D eigenvalue weighted by molar-refractivity contribution is -0.161. The molecule has 0 aromatic heterocycles. The molecule has 0 aromatic rings. The normalized spacial score (nSPS) is 12.6. The maximum absolute atomic E-state index is 12.1. The third-order valence-corrected chi connectivity index (χ3v) is 9.03. The van der Waals surface area contributed by atoms with Gasteiger partial charge >= 0.3 is 19.8 Å². The van der Waals surface area contributed by atoms with Gasteiger partial charge in [0.15, 0.2) is 6.10 Å². The van der Waals surface area contributed by atoms with E-state index in [1.54, 1.807) is 0 Å². The molecule has 50 heavy (non-hydrogen) atoms. The summed E-state index contributed by atoms with van der Waals surface area (Å²) in [6, 6.07) is 0. The number of carbonyl (C=O) groups is 2. The molecule has 0 heterocycles. The van der Waals surface area contributed by atoms with Crippen molar-refractivity contribution in [2.75, 3.05) is 26.4 Å². The molecule has 5 N–H and O–H groups in total. The number of unbranched alkanes of at least 4 members (excludes halogenated alkanes) is 24. The van der Waals surface area contributed by atoms with Gasteiger partial charge in [-0.25, -0.2) is 4.57 Å². The van der Waals surface area contributed by atoms with E-state index in [9.17, 15) is 19.3 Å². The molecule has 0 aromatic carbocycles. The van der Waals surface area contributed by atoms with E-state index in [1.165, 1.54) is 135 Å². The van der Waals surface area contributed by atoms with Gasteiger partial charge in [-0.15, -0.1) is 0 Å². The first-order valence-electron chi connectivity index (χ1n) is 20.0. The van der Waals surface area contributed by atoms with Crippen molar-refractivity contribution in [3.8, 4) is 0 Å². The molecule has 0 bridgehead atoms. The Kier molecular flexibility index (Phi) is 40.0. The molecule has 0 rings (SSSR count). The summed E-state index contributed by atoms with van der Waals surface area (Å²) < 4.78 is 24.3. The zero-order valence-corrected chi connectivity index (χ0v) is 32.8. The van der Waals surface area contributed by atoms with Crippen molar-refractivity contribution in [1.29, 1.82) is 0 Å². The fourth-order valence-corrected chi connectivity index (χ4v) is 5.80. The van der Waals surface area contributed by atoms with Crippen molar-refractivity contribution in [3.63, 3.8) is 0 Å². The van der Waals surface area contributed by atoms with Gasteiger partial charge in [-0.1, -0.05) is 168 Å². The van der Waals surface area contributed by atoms with E-state index in [1.807, 2.05) is 0 Å². The number of phosphoric acid groups is 1. The zero-order valence-electron chi connectivity index (χ0n) is 31.9. The molecule has 2 unspecified atom stereocenters. The summed E-state index contributed by atoms with van der Waals surface area (Å²) in [5.74, 6) is -0.580. The number of hydrogen-bond acceptors (Lipinski definition) is 9. The first kappa shape index (κ1) is 51.0. The van der Waals surface area contributed by atoms with E-state index >= 15 is 0 Å². The lowest BCUT2D eigenvalue weighted by Crippen LogP contribution is -2.28. The predicted molar refractivity (Wildman–Crippen MR) is 200 cm³/mol. The Hall–Kier alpha value is -1.07. The molecule has 0 saturated carbocycles. The van der Waals surface area contributed by atoms with Crippen LogP contribution in [0, 0.1) is 0 Å². The van der Waals surface area contributed by atoms with Crippen LogP contribution in [-0.2, 0) is 28.2 Å². The van der Waals surface area contributed by atoms with Crippen LogP contribution in [0.3, 0.4) is 0 Å². The third-order valence-electron chi connectivity index (χ3n) is 8.55. The van der Waals surface area contributed by atoms with Gasteiger partial charge in [0.25, 0.3) is 0 Å². The topological polar surface area (TPSA) is 180 Å². The van der Waals surface area contributed by atoms with E-state index in [0.29, 0.717) is 12.8 Å². The molecule has 0 radical (unpaired) electrons. The monoisotopic (exact) mass is 741 g/mol. The van der Waals surface area contributed by atoms with Crippen LogP contribution in [0.4, 0.5) is 0 Å². The fourth-order valence-electron chi connectivity index (χ4n) is 5.44. The molecule has 300 valence electrons. The Bertz CT molecular complexity index is 778. The maximum atomic E-state index is 12.1. The van der Waals surface area contributed by atoms with E-state index in [4.69, 9.17) is 29.5 Å². The lowest BCUT2D eigenvalue weighted by Gasteiger charge is -2.15. The van der Waals surface area contributed by atoms with Gasteiger partial charge in [0, 0.05) is 12.8 Å². The molecule has 0 saturated heterocycles. The molecule has 2 atom stereocenters. The molecule has 0 aliphatic carbocycles. The Labute approximate surface area is 304 Å². The quantitative estimate of drug-likeness (QED) is 0.0235. The van der Waals surface area contributed by atoms with Crippen molar-refractivity contribution in [2.45, 2.75) is 206 Å². The molecule has 12 heteroatoms. The molecule has 0 aliphatic heterocycles. The number of aliphatic hydroxyl groups excluding tert-OH is 3. The number of hydrogen-bond donors (Lipinski definition) is 5. The van der Waals surface area contributed by atoms with Crippen LogP contribution >= 0.6 is 7.82 Å². The van der Waals surface area contributed by atoms with Gasteiger partial charge in [0.1, 0.15) is 12.7 Å². The van der Waals surface area contributed by atoms with Crippen LogP contribution in [0.1, 0.15) is 194 Å². The number of carbonyl (C=O) groups excluding carboxylic acids is 2. The highest BCUT2D eigenvalue weighted by atomic mass is 31.2. The van der Waals surface area contributed by atoms with Gasteiger partial charge < -0.3 is 34.6 Å². The minimum absolute atomic E-state index is 0.0574.